The number of nitrogens with one attached hydrogen (secondary N) is 1. The van der Waals surface area contributed by atoms with E-state index in [2.05, 4.69) is 5.32 Å². The number of carbonyl (C=O) groups excluding carboxylic acids is 1. The summed E-state index contributed by atoms with van der Waals surface area (Å²) in [7, 11) is 0. The fourth-order valence-electron chi connectivity index (χ4n) is 1.71. The molecule has 2 aromatic rings. The van der Waals surface area contributed by atoms with Gasteiger partial charge in [-0.15, -0.1) is 0 Å². The monoisotopic (exact) mass is 282 g/mol. The molecule has 0 aliphatic rings. The van der Waals surface area contributed by atoms with Crippen molar-refractivity contribution in [2.24, 2.45) is 0 Å². The van der Waals surface area contributed by atoms with Crippen LogP contribution >= 0.6 is 0 Å². The highest BCUT2D eigenvalue weighted by molar-refractivity contribution is 6.07. The normalized spacial score (nSPS) is 9.67. The lowest BCUT2D eigenvalue weighted by molar-refractivity contribution is 0.0698. The predicted molar refractivity (Wildman–Crippen MR) is 74.2 cm³/mol. The molecule has 0 aliphatic carbocycles. The van der Waals surface area contributed by atoms with Gasteiger partial charge in [-0.1, -0.05) is 0 Å². The summed E-state index contributed by atoms with van der Waals surface area (Å²) in [6.45, 7) is 0. The molecule has 2 rings (SSSR count). The molecular weight excluding hydrogens is 272 g/mol. The molecule has 0 heterocycles. The average Bonchev–Trinajstić information content (AvgIpc) is 2.48. The highest BCUT2D eigenvalue weighted by Gasteiger charge is 2.14. The molecule has 1 amide bonds. The molecule has 0 saturated heterocycles. The molecule has 0 bridgehead atoms. The molecule has 0 saturated carbocycles. The van der Waals surface area contributed by atoms with E-state index in [1.165, 1.54) is 42.5 Å². The van der Waals surface area contributed by atoms with Crippen LogP contribution in [0.25, 0.3) is 0 Å². The molecule has 6 heteroatoms. The zero-order valence-corrected chi connectivity index (χ0v) is 10.7. The van der Waals surface area contributed by atoms with Crippen molar-refractivity contribution >= 4 is 17.6 Å². The lowest BCUT2D eigenvalue weighted by atomic mass is 10.1. The van der Waals surface area contributed by atoms with Crippen molar-refractivity contribution in [3.05, 3.63) is 59.2 Å². The molecular formula is C15H10N2O4. The Hall–Kier alpha value is -3.33. The van der Waals surface area contributed by atoms with E-state index < -0.39 is 11.9 Å². The minimum Gasteiger partial charge on any atom is -0.508 e. The van der Waals surface area contributed by atoms with Crippen molar-refractivity contribution in [1.82, 2.24) is 0 Å². The van der Waals surface area contributed by atoms with E-state index >= 15 is 0 Å². The number of hydrogen-bond donors (Lipinski definition) is 3. The Morgan fingerprint density at radius 3 is 2.33 bits per heavy atom. The summed E-state index contributed by atoms with van der Waals surface area (Å²) in [5.74, 6) is -1.73. The van der Waals surface area contributed by atoms with Crippen molar-refractivity contribution in [2.45, 2.75) is 0 Å². The lowest BCUT2D eigenvalue weighted by Crippen LogP contribution is -2.14. The second-order valence-electron chi connectivity index (χ2n) is 4.18. The minimum atomic E-state index is -1.24. The van der Waals surface area contributed by atoms with Crippen molar-refractivity contribution in [3.8, 4) is 11.8 Å². The molecule has 3 N–H and O–H groups in total. The number of carboxylic acid groups (broad SMARTS) is 1. The lowest BCUT2D eigenvalue weighted by Gasteiger charge is -2.09. The van der Waals surface area contributed by atoms with E-state index in [4.69, 9.17) is 15.5 Å². The number of rotatable bonds is 3. The van der Waals surface area contributed by atoms with E-state index in [-0.39, 0.29) is 28.1 Å². The van der Waals surface area contributed by atoms with Gasteiger partial charge in [0.25, 0.3) is 5.91 Å². The molecule has 0 aromatic heterocycles. The number of hydrogen-bond acceptors (Lipinski definition) is 4. The van der Waals surface area contributed by atoms with E-state index in [1.807, 2.05) is 6.07 Å². The Balaban J connectivity index is 2.31. The van der Waals surface area contributed by atoms with Crippen LogP contribution in [0.4, 0.5) is 5.69 Å². The smallest absolute Gasteiger partial charge is 0.337 e. The number of carbonyl (C=O) groups is 2. The number of phenolic OH excluding ortho intramolecular Hbond substituents is 1. The predicted octanol–water partition coefficient (Wildman–Crippen LogP) is 2.21. The topological polar surface area (TPSA) is 110 Å². The third kappa shape index (κ3) is 3.16. The first-order valence-electron chi connectivity index (χ1n) is 5.89. The largest absolute Gasteiger partial charge is 0.508 e. The third-order valence-electron chi connectivity index (χ3n) is 2.76. The van der Waals surface area contributed by atoms with E-state index in [9.17, 15) is 9.59 Å². The summed E-state index contributed by atoms with van der Waals surface area (Å²) in [5, 5.41) is 29.5. The Morgan fingerprint density at radius 2 is 1.76 bits per heavy atom. The van der Waals surface area contributed by atoms with Crippen molar-refractivity contribution in [3.63, 3.8) is 0 Å². The summed E-state index contributed by atoms with van der Waals surface area (Å²) >= 11 is 0. The van der Waals surface area contributed by atoms with Gasteiger partial charge in [0.05, 0.1) is 22.9 Å². The fourth-order valence-corrected chi connectivity index (χ4v) is 1.71. The average molecular weight is 282 g/mol. The van der Waals surface area contributed by atoms with Crippen LogP contribution in [0.2, 0.25) is 0 Å². The highest BCUT2D eigenvalue weighted by Crippen LogP contribution is 2.19. The molecule has 2 aromatic carbocycles. The number of anilines is 1. The van der Waals surface area contributed by atoms with Crippen molar-refractivity contribution in [1.29, 1.82) is 5.26 Å². The Kier molecular flexibility index (Phi) is 3.86. The van der Waals surface area contributed by atoms with Gasteiger partial charge in [0, 0.05) is 5.56 Å². The Morgan fingerprint density at radius 1 is 1.10 bits per heavy atom. The van der Waals surface area contributed by atoms with E-state index in [0.717, 1.165) is 0 Å². The summed E-state index contributed by atoms with van der Waals surface area (Å²) < 4.78 is 0. The first-order valence-corrected chi connectivity index (χ1v) is 5.89. The minimum absolute atomic E-state index is 0.0242. The van der Waals surface area contributed by atoms with Crippen molar-refractivity contribution < 1.29 is 19.8 Å². The quantitative estimate of drug-likeness (QED) is 0.799. The molecule has 0 atom stereocenters. The number of phenols is 1. The second kappa shape index (κ2) is 5.75. The fraction of sp³-hybridized carbons (Fsp3) is 0. The Labute approximate surface area is 119 Å². The van der Waals surface area contributed by atoms with Crippen LogP contribution in [0.5, 0.6) is 5.75 Å². The number of nitriles is 1. The van der Waals surface area contributed by atoms with Gasteiger partial charge in [0.15, 0.2) is 0 Å². The maximum Gasteiger partial charge on any atom is 0.337 e. The van der Waals surface area contributed by atoms with Crippen LogP contribution < -0.4 is 5.32 Å². The van der Waals surface area contributed by atoms with Gasteiger partial charge in [-0.25, -0.2) is 4.79 Å². The summed E-state index contributed by atoms with van der Waals surface area (Å²) in [5.41, 5.74) is 0.393. The molecule has 0 fully saturated rings. The molecule has 0 aliphatic heterocycles. The number of aromatic carboxylic acids is 1. The maximum atomic E-state index is 12.0. The zero-order chi connectivity index (χ0) is 15.4. The standard InChI is InChI=1S/C15H10N2O4/c16-8-9-1-6-13(12(7-9)15(20)21)17-14(19)10-2-4-11(18)5-3-10/h1-7,18H,(H,17,19)(H,20,21). The zero-order valence-electron chi connectivity index (χ0n) is 10.7. The van der Waals surface area contributed by atoms with E-state index in [1.54, 1.807) is 0 Å². The molecule has 0 unspecified atom stereocenters. The first kappa shape index (κ1) is 14.1. The van der Waals surface area contributed by atoms with Crippen LogP contribution in [0.15, 0.2) is 42.5 Å². The van der Waals surface area contributed by atoms with Crippen LogP contribution in [0.3, 0.4) is 0 Å². The number of carboxylic acids is 1. The molecule has 104 valence electrons. The summed E-state index contributed by atoms with van der Waals surface area (Å²) in [4.78, 5) is 23.2. The first-order chi connectivity index (χ1) is 10.0. The molecule has 0 spiro atoms. The molecule has 6 nitrogen and oxygen atoms in total. The number of amides is 1. The number of nitrogens with zero attached hydrogens (tertiary/aromatic N) is 1. The van der Waals surface area contributed by atoms with Gasteiger partial charge >= 0.3 is 5.97 Å². The Bertz CT molecular complexity index is 745. The third-order valence-corrected chi connectivity index (χ3v) is 2.76. The summed E-state index contributed by atoms with van der Waals surface area (Å²) in [6.07, 6.45) is 0. The van der Waals surface area contributed by atoms with Crippen molar-refractivity contribution in [2.75, 3.05) is 5.32 Å². The molecule has 21 heavy (non-hydrogen) atoms. The van der Waals surface area contributed by atoms with Crippen LogP contribution in [0, 0.1) is 11.3 Å². The highest BCUT2D eigenvalue weighted by atomic mass is 16.4. The van der Waals surface area contributed by atoms with Gasteiger partial charge in [-0.2, -0.15) is 5.26 Å². The van der Waals surface area contributed by atoms with Gasteiger partial charge in [0.2, 0.25) is 0 Å². The van der Waals surface area contributed by atoms with Gasteiger partial charge in [0.1, 0.15) is 5.75 Å². The second-order valence-corrected chi connectivity index (χ2v) is 4.18. The van der Waals surface area contributed by atoms with Gasteiger partial charge < -0.3 is 15.5 Å². The van der Waals surface area contributed by atoms with Gasteiger partial charge in [-0.05, 0) is 42.5 Å². The van der Waals surface area contributed by atoms with E-state index in [0.29, 0.717) is 0 Å². The maximum absolute atomic E-state index is 12.0. The SMILES string of the molecule is N#Cc1ccc(NC(=O)c2ccc(O)cc2)c(C(=O)O)c1. The number of benzene rings is 2. The van der Waals surface area contributed by atoms with Crippen LogP contribution in [0.1, 0.15) is 26.3 Å². The van der Waals surface area contributed by atoms with Crippen LogP contribution in [-0.2, 0) is 0 Å². The van der Waals surface area contributed by atoms with Crippen LogP contribution in [-0.4, -0.2) is 22.1 Å². The van der Waals surface area contributed by atoms with Gasteiger partial charge in [-0.3, -0.25) is 4.79 Å². The number of aromatic hydroxyl groups is 1. The molecule has 0 radical (unpaired) electrons. The summed E-state index contributed by atoms with van der Waals surface area (Å²) in [6, 6.07) is 11.3.